The Balaban J connectivity index is 1.27. The maximum Gasteiger partial charge on any atom is 0.227 e. The van der Waals surface area contributed by atoms with Crippen LogP contribution in [0.15, 0.2) is 30.3 Å². The third-order valence-corrected chi connectivity index (χ3v) is 9.35. The van der Waals surface area contributed by atoms with E-state index in [1.807, 2.05) is 46.6 Å². The molecule has 6 heteroatoms. The van der Waals surface area contributed by atoms with Gasteiger partial charge < -0.3 is 9.80 Å². The van der Waals surface area contributed by atoms with Gasteiger partial charge in [-0.15, -0.1) is 11.3 Å². The van der Waals surface area contributed by atoms with Crippen LogP contribution in [0, 0.1) is 0 Å². The molecule has 0 spiro atoms. The molecule has 1 aromatic carbocycles. The predicted octanol–water partition coefficient (Wildman–Crippen LogP) is 5.90. The summed E-state index contributed by atoms with van der Waals surface area (Å²) >= 11 is 1.93. The van der Waals surface area contributed by atoms with Crippen LogP contribution in [0.2, 0.25) is 0 Å². The van der Waals surface area contributed by atoms with Crippen molar-refractivity contribution in [1.82, 2.24) is 14.9 Å². The van der Waals surface area contributed by atoms with E-state index in [2.05, 4.69) is 4.90 Å². The Bertz CT molecular complexity index is 1180. The molecule has 2 fully saturated rings. The Morgan fingerprint density at radius 3 is 2.43 bits per heavy atom. The number of amides is 1. The van der Waals surface area contributed by atoms with Gasteiger partial charge in [-0.2, -0.15) is 0 Å². The van der Waals surface area contributed by atoms with Crippen molar-refractivity contribution in [3.63, 3.8) is 0 Å². The smallest absolute Gasteiger partial charge is 0.227 e. The Morgan fingerprint density at radius 1 is 0.886 bits per heavy atom. The molecule has 35 heavy (non-hydrogen) atoms. The van der Waals surface area contributed by atoms with Gasteiger partial charge in [-0.25, -0.2) is 9.97 Å². The standard InChI is InChI=1S/C29H36N4OS/c34-25(20-21-10-4-1-5-11-21)32-16-18-33(19-17-32)28-26-23-14-8-3-9-15-24(23)35-29(26)31-27(30-28)22-12-6-2-7-13-22/h1,4-5,10-11,22H,2-3,6-9,12-20H2. The lowest BCUT2D eigenvalue weighted by atomic mass is 9.88. The SMILES string of the molecule is O=C(Cc1ccccc1)N1CCN(c2nc(C3CCCCC3)nc3sc4c(c23)CCCCC4)CC1. The fourth-order valence-electron chi connectivity index (χ4n) is 6.15. The van der Waals surface area contributed by atoms with Crippen LogP contribution in [-0.2, 0) is 24.1 Å². The van der Waals surface area contributed by atoms with Crippen molar-refractivity contribution in [3.8, 4) is 0 Å². The summed E-state index contributed by atoms with van der Waals surface area (Å²) in [5, 5.41) is 1.33. The van der Waals surface area contributed by atoms with Gasteiger partial charge >= 0.3 is 0 Å². The number of fused-ring (bicyclic) bond motifs is 3. The van der Waals surface area contributed by atoms with E-state index in [0.29, 0.717) is 12.3 Å². The first-order valence-electron chi connectivity index (χ1n) is 13.6. The van der Waals surface area contributed by atoms with Gasteiger partial charge in [0.1, 0.15) is 16.5 Å². The largest absolute Gasteiger partial charge is 0.352 e. The van der Waals surface area contributed by atoms with Crippen molar-refractivity contribution >= 4 is 33.3 Å². The lowest BCUT2D eigenvalue weighted by Crippen LogP contribution is -2.49. The van der Waals surface area contributed by atoms with Crippen LogP contribution in [-0.4, -0.2) is 47.0 Å². The molecule has 5 nitrogen and oxygen atoms in total. The van der Waals surface area contributed by atoms with E-state index in [-0.39, 0.29) is 5.91 Å². The van der Waals surface area contributed by atoms with Crippen LogP contribution in [0.25, 0.3) is 10.2 Å². The Morgan fingerprint density at radius 2 is 1.63 bits per heavy atom. The molecule has 184 valence electrons. The fraction of sp³-hybridized carbons (Fsp3) is 0.552. The van der Waals surface area contributed by atoms with Gasteiger partial charge in [0.2, 0.25) is 5.91 Å². The summed E-state index contributed by atoms with van der Waals surface area (Å²) in [6.45, 7) is 3.23. The van der Waals surface area contributed by atoms with Gasteiger partial charge in [-0.05, 0) is 49.7 Å². The second-order valence-electron chi connectivity index (χ2n) is 10.5. The highest BCUT2D eigenvalue weighted by atomic mass is 32.1. The molecule has 3 aromatic rings. The second kappa shape index (κ2) is 10.3. The molecule has 1 amide bonds. The average Bonchev–Trinajstić information content (AvgIpc) is 3.10. The molecule has 1 aliphatic heterocycles. The minimum Gasteiger partial charge on any atom is -0.352 e. The van der Waals surface area contributed by atoms with Gasteiger partial charge in [0, 0.05) is 37.0 Å². The normalized spacial score (nSPS) is 19.5. The number of aromatic nitrogens is 2. The average molecular weight is 489 g/mol. The topological polar surface area (TPSA) is 49.3 Å². The molecule has 0 atom stereocenters. The molecule has 1 saturated carbocycles. The first-order valence-corrected chi connectivity index (χ1v) is 14.5. The van der Waals surface area contributed by atoms with Crippen LogP contribution in [0.5, 0.6) is 0 Å². The first kappa shape index (κ1) is 23.0. The van der Waals surface area contributed by atoms with Crippen LogP contribution in [0.1, 0.15) is 79.1 Å². The van der Waals surface area contributed by atoms with Crippen molar-refractivity contribution in [3.05, 3.63) is 52.2 Å². The maximum absolute atomic E-state index is 13.0. The molecule has 0 N–H and O–H groups in total. The summed E-state index contributed by atoms with van der Waals surface area (Å²) in [4.78, 5) is 30.7. The van der Waals surface area contributed by atoms with Gasteiger partial charge in [-0.1, -0.05) is 56.0 Å². The molecule has 6 rings (SSSR count). The number of thiophene rings is 1. The third kappa shape index (κ3) is 4.82. The van der Waals surface area contributed by atoms with E-state index in [4.69, 9.17) is 9.97 Å². The lowest BCUT2D eigenvalue weighted by molar-refractivity contribution is -0.130. The monoisotopic (exact) mass is 488 g/mol. The highest BCUT2D eigenvalue weighted by Crippen LogP contribution is 2.41. The van der Waals surface area contributed by atoms with E-state index in [9.17, 15) is 4.79 Å². The van der Waals surface area contributed by atoms with E-state index in [1.54, 1.807) is 4.88 Å². The zero-order chi connectivity index (χ0) is 23.6. The molecule has 1 saturated heterocycles. The van der Waals surface area contributed by atoms with E-state index in [0.717, 1.165) is 49.8 Å². The van der Waals surface area contributed by atoms with E-state index >= 15 is 0 Å². The number of carbonyl (C=O) groups is 1. The quantitative estimate of drug-likeness (QED) is 0.429. The summed E-state index contributed by atoms with van der Waals surface area (Å²) < 4.78 is 0. The minimum absolute atomic E-state index is 0.232. The van der Waals surface area contributed by atoms with E-state index in [1.165, 1.54) is 73.6 Å². The van der Waals surface area contributed by atoms with Gasteiger partial charge in [0.15, 0.2) is 0 Å². The zero-order valence-corrected chi connectivity index (χ0v) is 21.5. The van der Waals surface area contributed by atoms with Crippen molar-refractivity contribution < 1.29 is 4.79 Å². The Hall–Kier alpha value is -2.47. The molecule has 3 aliphatic rings. The van der Waals surface area contributed by atoms with Crippen molar-refractivity contribution in [2.75, 3.05) is 31.1 Å². The third-order valence-electron chi connectivity index (χ3n) is 8.16. The number of nitrogens with zero attached hydrogens (tertiary/aromatic N) is 4. The number of aryl methyl sites for hydroxylation is 2. The molecule has 2 aromatic heterocycles. The Labute approximate surface area is 212 Å². The number of piperazine rings is 1. The molecule has 3 heterocycles. The predicted molar refractivity (Wildman–Crippen MR) is 143 cm³/mol. The van der Waals surface area contributed by atoms with Crippen molar-refractivity contribution in [2.24, 2.45) is 0 Å². The Kier molecular flexibility index (Phi) is 6.73. The summed E-state index contributed by atoms with van der Waals surface area (Å²) in [7, 11) is 0. The zero-order valence-electron chi connectivity index (χ0n) is 20.7. The number of hydrogen-bond donors (Lipinski definition) is 0. The number of rotatable bonds is 4. The summed E-state index contributed by atoms with van der Waals surface area (Å²) in [6.07, 6.45) is 13.1. The lowest BCUT2D eigenvalue weighted by Gasteiger charge is -2.36. The van der Waals surface area contributed by atoms with Crippen LogP contribution < -0.4 is 4.90 Å². The van der Waals surface area contributed by atoms with Crippen molar-refractivity contribution in [2.45, 2.75) is 76.5 Å². The van der Waals surface area contributed by atoms with Gasteiger partial charge in [0.25, 0.3) is 0 Å². The van der Waals surface area contributed by atoms with Crippen LogP contribution in [0.4, 0.5) is 5.82 Å². The number of anilines is 1. The molecule has 2 aliphatic carbocycles. The fourth-order valence-corrected chi connectivity index (χ4v) is 7.42. The van der Waals surface area contributed by atoms with E-state index < -0.39 is 0 Å². The summed E-state index contributed by atoms with van der Waals surface area (Å²) in [5.74, 6) is 2.97. The number of hydrogen-bond acceptors (Lipinski definition) is 5. The maximum atomic E-state index is 13.0. The van der Waals surface area contributed by atoms with Gasteiger partial charge in [-0.3, -0.25) is 4.79 Å². The molecular weight excluding hydrogens is 452 g/mol. The van der Waals surface area contributed by atoms with Crippen LogP contribution in [0.3, 0.4) is 0 Å². The highest BCUT2D eigenvalue weighted by Gasteiger charge is 2.29. The molecule has 0 unspecified atom stereocenters. The summed E-state index contributed by atoms with van der Waals surface area (Å²) in [5.41, 5.74) is 2.62. The van der Waals surface area contributed by atoms with Gasteiger partial charge in [0.05, 0.1) is 11.8 Å². The molecule has 0 bridgehead atoms. The van der Waals surface area contributed by atoms with Crippen molar-refractivity contribution in [1.29, 1.82) is 0 Å². The second-order valence-corrected chi connectivity index (χ2v) is 11.6. The first-order chi connectivity index (χ1) is 17.3. The minimum atomic E-state index is 0.232. The number of benzene rings is 1. The highest BCUT2D eigenvalue weighted by molar-refractivity contribution is 7.19. The molecule has 0 radical (unpaired) electrons. The van der Waals surface area contributed by atoms with Crippen LogP contribution >= 0.6 is 11.3 Å². The summed E-state index contributed by atoms with van der Waals surface area (Å²) in [6, 6.07) is 10.1. The number of carbonyl (C=O) groups excluding carboxylic acids is 1. The molecular formula is C29H36N4OS.